The van der Waals surface area contributed by atoms with E-state index in [4.69, 9.17) is 26.3 Å². The van der Waals surface area contributed by atoms with Crippen LogP contribution in [0.4, 0.5) is 5.95 Å². The summed E-state index contributed by atoms with van der Waals surface area (Å²) in [6.45, 7) is 7.26. The Labute approximate surface area is 205 Å². The van der Waals surface area contributed by atoms with Crippen molar-refractivity contribution in [3.63, 3.8) is 0 Å². The van der Waals surface area contributed by atoms with Gasteiger partial charge in [-0.3, -0.25) is 4.79 Å². The maximum Gasteiger partial charge on any atom is 0.254 e. The van der Waals surface area contributed by atoms with E-state index in [1.165, 1.54) is 5.56 Å². The van der Waals surface area contributed by atoms with Crippen LogP contribution in [-0.2, 0) is 13.0 Å². The van der Waals surface area contributed by atoms with Gasteiger partial charge in [0.2, 0.25) is 11.8 Å². The van der Waals surface area contributed by atoms with E-state index in [1.807, 2.05) is 36.1 Å². The number of nitrogens with zero attached hydrogens (tertiary/aromatic N) is 4. The predicted molar refractivity (Wildman–Crippen MR) is 134 cm³/mol. The fourth-order valence-corrected chi connectivity index (χ4v) is 4.60. The van der Waals surface area contributed by atoms with Crippen LogP contribution < -0.4 is 9.64 Å². The third kappa shape index (κ3) is 4.87. The van der Waals surface area contributed by atoms with Crippen LogP contribution in [0.25, 0.3) is 0 Å². The fourth-order valence-electron chi connectivity index (χ4n) is 4.47. The second-order valence-electron chi connectivity index (χ2n) is 9.32. The monoisotopic (exact) mass is 476 g/mol. The van der Waals surface area contributed by atoms with Gasteiger partial charge in [-0.05, 0) is 62.1 Å². The molecule has 2 aromatic carbocycles. The van der Waals surface area contributed by atoms with Gasteiger partial charge in [-0.15, -0.1) is 0 Å². The van der Waals surface area contributed by atoms with Gasteiger partial charge in [0.15, 0.2) is 0 Å². The predicted octanol–water partition coefficient (Wildman–Crippen LogP) is 5.67. The van der Waals surface area contributed by atoms with Crippen LogP contribution in [0.15, 0.2) is 48.5 Å². The molecule has 1 amide bonds. The van der Waals surface area contributed by atoms with Crippen molar-refractivity contribution < 1.29 is 9.53 Å². The molecule has 3 aromatic rings. The fraction of sp³-hybridized carbons (Fsp3) is 0.370. The number of carbonyl (C=O) groups excluding carboxylic acids is 1. The van der Waals surface area contributed by atoms with E-state index in [2.05, 4.69) is 11.8 Å². The van der Waals surface area contributed by atoms with E-state index < -0.39 is 0 Å². The average Bonchev–Trinajstić information content (AvgIpc) is 2.85. The summed E-state index contributed by atoms with van der Waals surface area (Å²) in [5.74, 6) is 2.69. The zero-order chi connectivity index (χ0) is 23.7. The minimum Gasteiger partial charge on any atom is -0.438 e. The number of hydrogen-bond donors (Lipinski definition) is 0. The number of carbonyl (C=O) groups is 1. The second kappa shape index (κ2) is 9.63. The van der Waals surface area contributed by atoms with Crippen LogP contribution in [-0.4, -0.2) is 40.4 Å². The number of fused-ring (bicyclic) bond motifs is 1. The maximum atomic E-state index is 13.2. The highest BCUT2D eigenvalue weighted by molar-refractivity contribution is 6.30. The molecule has 0 N–H and O–H groups in total. The molecule has 0 radical (unpaired) electrons. The molecule has 2 aliphatic rings. The van der Waals surface area contributed by atoms with E-state index in [0.717, 1.165) is 54.8 Å². The first-order valence-electron chi connectivity index (χ1n) is 11.9. The van der Waals surface area contributed by atoms with Crippen molar-refractivity contribution in [1.29, 1.82) is 0 Å². The minimum atomic E-state index is -0.0299. The maximum absolute atomic E-state index is 13.2. The first kappa shape index (κ1) is 22.7. The topological polar surface area (TPSA) is 58.6 Å². The van der Waals surface area contributed by atoms with Crippen molar-refractivity contribution in [2.45, 2.75) is 39.7 Å². The van der Waals surface area contributed by atoms with Crippen molar-refractivity contribution >= 4 is 23.5 Å². The van der Waals surface area contributed by atoms with Crippen LogP contribution in [0.5, 0.6) is 11.6 Å². The Kier molecular flexibility index (Phi) is 6.42. The molecule has 34 heavy (non-hydrogen) atoms. The minimum absolute atomic E-state index is 0.0299. The van der Waals surface area contributed by atoms with Crippen LogP contribution in [0, 0.1) is 12.8 Å². The lowest BCUT2D eigenvalue weighted by Gasteiger charge is -2.33. The number of amides is 1. The molecule has 0 saturated carbocycles. The molecule has 0 spiro atoms. The molecule has 5 rings (SSSR count). The smallest absolute Gasteiger partial charge is 0.254 e. The Balaban J connectivity index is 1.46. The van der Waals surface area contributed by atoms with Gasteiger partial charge in [-0.25, -0.2) is 4.98 Å². The molecule has 2 aliphatic heterocycles. The van der Waals surface area contributed by atoms with Gasteiger partial charge in [-0.2, -0.15) is 4.98 Å². The zero-order valence-corrected chi connectivity index (χ0v) is 20.4. The molecule has 1 saturated heterocycles. The van der Waals surface area contributed by atoms with Crippen LogP contribution in [0.3, 0.4) is 0 Å². The second-order valence-corrected chi connectivity index (χ2v) is 9.76. The Morgan fingerprint density at radius 3 is 2.41 bits per heavy atom. The van der Waals surface area contributed by atoms with Gasteiger partial charge in [0, 0.05) is 36.6 Å². The SMILES string of the molecule is Cc1ccc(Oc2nc(N3CCC(C)CC3)nc3c2CN(C(=O)c2ccc(Cl)cc2)CC3)cc1. The van der Waals surface area contributed by atoms with Crippen LogP contribution >= 0.6 is 11.6 Å². The Morgan fingerprint density at radius 1 is 1.00 bits per heavy atom. The van der Waals surface area contributed by atoms with Gasteiger partial charge in [0.05, 0.1) is 17.8 Å². The zero-order valence-electron chi connectivity index (χ0n) is 19.6. The molecule has 0 atom stereocenters. The Bertz CT molecular complexity index is 1170. The standard InChI is InChI=1S/C27H29ClN4O2/c1-18-3-9-22(10-4-18)34-25-23-17-32(26(33)20-5-7-21(28)8-6-20)16-13-24(23)29-27(30-25)31-14-11-19(2)12-15-31/h3-10,19H,11-17H2,1-2H3. The van der Waals surface area contributed by atoms with Gasteiger partial charge in [-0.1, -0.05) is 36.2 Å². The molecule has 1 aromatic heterocycles. The van der Waals surface area contributed by atoms with E-state index >= 15 is 0 Å². The Morgan fingerprint density at radius 2 is 1.71 bits per heavy atom. The summed E-state index contributed by atoms with van der Waals surface area (Å²) >= 11 is 6.00. The molecule has 1 fully saturated rings. The lowest BCUT2D eigenvalue weighted by Crippen LogP contribution is -2.38. The summed E-state index contributed by atoms with van der Waals surface area (Å²) in [4.78, 5) is 27.1. The van der Waals surface area contributed by atoms with E-state index in [-0.39, 0.29) is 5.91 Å². The molecular formula is C27H29ClN4O2. The number of aryl methyl sites for hydroxylation is 1. The summed E-state index contributed by atoms with van der Waals surface area (Å²) in [6, 6.07) is 15.0. The van der Waals surface area contributed by atoms with Crippen molar-refractivity contribution in [2.75, 3.05) is 24.5 Å². The normalized spacial score (nSPS) is 16.3. The number of aromatic nitrogens is 2. The van der Waals surface area contributed by atoms with E-state index in [9.17, 15) is 4.79 Å². The van der Waals surface area contributed by atoms with Gasteiger partial charge >= 0.3 is 0 Å². The Hall–Kier alpha value is -3.12. The number of halogens is 1. The van der Waals surface area contributed by atoms with E-state index in [1.54, 1.807) is 24.3 Å². The van der Waals surface area contributed by atoms with Gasteiger partial charge in [0.25, 0.3) is 5.91 Å². The summed E-state index contributed by atoms with van der Waals surface area (Å²) in [5, 5.41) is 0.613. The number of hydrogen-bond acceptors (Lipinski definition) is 5. The van der Waals surface area contributed by atoms with Crippen LogP contribution in [0.1, 0.15) is 46.9 Å². The summed E-state index contributed by atoms with van der Waals surface area (Å²) in [7, 11) is 0. The molecule has 3 heterocycles. The number of ether oxygens (including phenoxy) is 1. The summed E-state index contributed by atoms with van der Waals surface area (Å²) < 4.78 is 6.30. The summed E-state index contributed by atoms with van der Waals surface area (Å²) in [5.41, 5.74) is 3.63. The third-order valence-electron chi connectivity index (χ3n) is 6.69. The molecule has 0 aliphatic carbocycles. The van der Waals surface area contributed by atoms with Crippen molar-refractivity contribution in [2.24, 2.45) is 5.92 Å². The number of rotatable bonds is 4. The van der Waals surface area contributed by atoms with Gasteiger partial charge < -0.3 is 14.5 Å². The number of piperidine rings is 1. The highest BCUT2D eigenvalue weighted by Crippen LogP contribution is 2.33. The summed E-state index contributed by atoms with van der Waals surface area (Å²) in [6.07, 6.45) is 2.94. The lowest BCUT2D eigenvalue weighted by atomic mass is 9.99. The van der Waals surface area contributed by atoms with Crippen molar-refractivity contribution in [3.8, 4) is 11.6 Å². The van der Waals surface area contributed by atoms with E-state index in [0.29, 0.717) is 36.0 Å². The highest BCUT2D eigenvalue weighted by Gasteiger charge is 2.29. The molecule has 6 nitrogen and oxygen atoms in total. The highest BCUT2D eigenvalue weighted by atomic mass is 35.5. The first-order valence-corrected chi connectivity index (χ1v) is 12.3. The van der Waals surface area contributed by atoms with Crippen LogP contribution in [0.2, 0.25) is 5.02 Å². The molecular weight excluding hydrogens is 448 g/mol. The molecule has 0 unspecified atom stereocenters. The molecule has 7 heteroatoms. The quantitative estimate of drug-likeness (QED) is 0.486. The molecule has 176 valence electrons. The third-order valence-corrected chi connectivity index (χ3v) is 6.94. The molecule has 0 bridgehead atoms. The lowest BCUT2D eigenvalue weighted by molar-refractivity contribution is 0.0732. The van der Waals surface area contributed by atoms with Gasteiger partial charge in [0.1, 0.15) is 5.75 Å². The van der Waals surface area contributed by atoms with Crippen molar-refractivity contribution in [3.05, 3.63) is 75.9 Å². The largest absolute Gasteiger partial charge is 0.438 e. The first-order chi connectivity index (χ1) is 16.5. The number of anilines is 1. The number of benzene rings is 2. The average molecular weight is 477 g/mol. The van der Waals surface area contributed by atoms with Crippen molar-refractivity contribution in [1.82, 2.24) is 14.9 Å².